The van der Waals surface area contributed by atoms with Crippen LogP contribution in [-0.4, -0.2) is 41.1 Å². The van der Waals surface area contributed by atoms with Crippen LogP contribution >= 0.6 is 67.8 Å². The van der Waals surface area contributed by atoms with Gasteiger partial charge in [0.15, 0.2) is 6.10 Å². The van der Waals surface area contributed by atoms with Crippen molar-refractivity contribution in [2.24, 2.45) is 0 Å². The Balaban J connectivity index is 2.40. The van der Waals surface area contributed by atoms with Crippen LogP contribution in [0, 0.1) is 10.7 Å². The number of rotatable bonds is 5. The Morgan fingerprint density at radius 2 is 1.83 bits per heavy atom. The third kappa shape index (κ3) is 4.65. The monoisotopic (exact) mass is 669 g/mol. The molecular weight excluding hydrogens is 651 g/mol. The van der Waals surface area contributed by atoms with Crippen molar-refractivity contribution in [3.63, 3.8) is 0 Å². The number of halogens is 3. The Morgan fingerprint density at radius 1 is 1.21 bits per heavy atom. The largest absolute Gasteiger partial charge is 0.479 e. The van der Waals surface area contributed by atoms with Gasteiger partial charge in [0, 0.05) is 16.7 Å². The first kappa shape index (κ1) is 20.5. The van der Waals surface area contributed by atoms with E-state index in [0.29, 0.717) is 21.3 Å². The molecule has 1 saturated heterocycles. The fraction of sp³-hybridized carbons (Fsp3) is 0.500. The molecule has 1 aromatic rings. The molecule has 24 heavy (non-hydrogen) atoms. The Bertz CT molecular complexity index is 645. The SMILES string of the molecule is CCC(Oc1c(I)cc(I)c(C(=O)N2CCCCC2)c1I)C(=O)O. The second-order valence-electron chi connectivity index (χ2n) is 5.56. The molecule has 1 unspecified atom stereocenters. The van der Waals surface area contributed by atoms with E-state index in [1.165, 1.54) is 0 Å². The smallest absolute Gasteiger partial charge is 0.344 e. The Morgan fingerprint density at radius 3 is 2.38 bits per heavy atom. The van der Waals surface area contributed by atoms with Crippen LogP contribution in [0.4, 0.5) is 0 Å². The predicted molar refractivity (Wildman–Crippen MR) is 117 cm³/mol. The third-order valence-corrected chi connectivity index (χ3v) is 6.57. The summed E-state index contributed by atoms with van der Waals surface area (Å²) >= 11 is 6.40. The molecule has 2 rings (SSSR count). The van der Waals surface area contributed by atoms with E-state index in [2.05, 4.69) is 67.8 Å². The third-order valence-electron chi connectivity index (χ3n) is 3.89. The average Bonchev–Trinajstić information content (AvgIpc) is 2.55. The van der Waals surface area contributed by atoms with Crippen LogP contribution in [0.2, 0.25) is 0 Å². The van der Waals surface area contributed by atoms with E-state index in [9.17, 15) is 14.7 Å². The van der Waals surface area contributed by atoms with Crippen LogP contribution in [-0.2, 0) is 4.79 Å². The zero-order chi connectivity index (χ0) is 17.9. The molecule has 0 saturated carbocycles. The topological polar surface area (TPSA) is 66.8 Å². The van der Waals surface area contributed by atoms with Gasteiger partial charge in [0.25, 0.3) is 5.91 Å². The summed E-state index contributed by atoms with van der Waals surface area (Å²) in [6.45, 7) is 3.32. The molecular formula is C16H18I3NO4. The zero-order valence-corrected chi connectivity index (χ0v) is 19.6. The van der Waals surface area contributed by atoms with Crippen molar-refractivity contribution < 1.29 is 19.4 Å². The van der Waals surface area contributed by atoms with Gasteiger partial charge in [-0.2, -0.15) is 0 Å². The van der Waals surface area contributed by atoms with Gasteiger partial charge in [-0.1, -0.05) is 6.92 Å². The molecule has 1 N–H and O–H groups in total. The first-order valence-corrected chi connectivity index (χ1v) is 11.0. The first-order chi connectivity index (χ1) is 11.4. The number of hydrogen-bond donors (Lipinski definition) is 1. The van der Waals surface area contributed by atoms with Crippen LogP contribution in [0.15, 0.2) is 6.07 Å². The molecule has 132 valence electrons. The fourth-order valence-corrected chi connectivity index (χ4v) is 6.67. The number of aliphatic carboxylic acids is 1. The van der Waals surface area contributed by atoms with Crippen molar-refractivity contribution in [2.45, 2.75) is 38.7 Å². The standard InChI is InChI=1S/C16H18I3NO4/c1-2-11(16(22)23)24-14-10(18)8-9(17)12(13(14)19)15(21)20-6-4-3-5-7-20/h8,11H,2-7H2,1H3,(H,22,23). The number of amides is 1. The molecule has 0 spiro atoms. The number of ether oxygens (including phenoxy) is 1. The molecule has 1 atom stereocenters. The molecule has 8 heteroatoms. The summed E-state index contributed by atoms with van der Waals surface area (Å²) in [5, 5.41) is 9.25. The quantitative estimate of drug-likeness (QED) is 0.474. The number of carboxylic acids is 1. The van der Waals surface area contributed by atoms with Gasteiger partial charge >= 0.3 is 5.97 Å². The van der Waals surface area contributed by atoms with E-state index in [-0.39, 0.29) is 5.91 Å². The lowest BCUT2D eigenvalue weighted by molar-refractivity contribution is -0.145. The Labute approximate surface area is 182 Å². The summed E-state index contributed by atoms with van der Waals surface area (Å²) < 4.78 is 8.11. The van der Waals surface area contributed by atoms with E-state index in [4.69, 9.17) is 4.74 Å². The Kier molecular flexibility index (Phi) is 7.84. The van der Waals surface area contributed by atoms with E-state index in [1.807, 2.05) is 11.0 Å². The Hall–Kier alpha value is 0.150. The van der Waals surface area contributed by atoms with Gasteiger partial charge in [0.2, 0.25) is 0 Å². The van der Waals surface area contributed by atoms with Crippen LogP contribution in [0.25, 0.3) is 0 Å². The molecule has 0 bridgehead atoms. The van der Waals surface area contributed by atoms with Gasteiger partial charge in [-0.15, -0.1) is 0 Å². The molecule has 1 amide bonds. The van der Waals surface area contributed by atoms with Crippen LogP contribution in [0.1, 0.15) is 43.0 Å². The number of likely N-dealkylation sites (tertiary alicyclic amines) is 1. The minimum Gasteiger partial charge on any atom is -0.479 e. The summed E-state index contributed by atoms with van der Waals surface area (Å²) in [5.74, 6) is -0.495. The lowest BCUT2D eigenvalue weighted by Crippen LogP contribution is -2.36. The number of piperidine rings is 1. The van der Waals surface area contributed by atoms with Crippen molar-refractivity contribution in [3.05, 3.63) is 22.3 Å². The van der Waals surface area contributed by atoms with Gasteiger partial charge < -0.3 is 14.7 Å². The molecule has 0 aromatic heterocycles. The molecule has 1 aliphatic rings. The van der Waals surface area contributed by atoms with Crippen molar-refractivity contribution in [1.29, 1.82) is 0 Å². The molecule has 0 aliphatic carbocycles. The molecule has 1 aromatic carbocycles. The van der Waals surface area contributed by atoms with Crippen LogP contribution in [0.3, 0.4) is 0 Å². The second kappa shape index (κ2) is 9.19. The predicted octanol–water partition coefficient (Wildman–Crippen LogP) is 4.37. The second-order valence-corrected chi connectivity index (χ2v) is 8.97. The van der Waals surface area contributed by atoms with E-state index < -0.39 is 12.1 Å². The lowest BCUT2D eigenvalue weighted by atomic mass is 10.1. The zero-order valence-electron chi connectivity index (χ0n) is 13.2. The van der Waals surface area contributed by atoms with Crippen LogP contribution < -0.4 is 4.74 Å². The molecule has 1 heterocycles. The number of benzene rings is 1. The van der Waals surface area contributed by atoms with Crippen molar-refractivity contribution in [1.82, 2.24) is 4.90 Å². The van der Waals surface area contributed by atoms with E-state index in [1.54, 1.807) is 6.92 Å². The highest BCUT2D eigenvalue weighted by molar-refractivity contribution is 14.1. The van der Waals surface area contributed by atoms with Gasteiger partial charge in [-0.3, -0.25) is 4.79 Å². The van der Waals surface area contributed by atoms with E-state index >= 15 is 0 Å². The van der Waals surface area contributed by atoms with Crippen molar-refractivity contribution in [3.8, 4) is 5.75 Å². The maximum atomic E-state index is 12.9. The summed E-state index contributed by atoms with van der Waals surface area (Å²) in [6, 6.07) is 1.88. The van der Waals surface area contributed by atoms with E-state index in [0.717, 1.165) is 39.5 Å². The maximum Gasteiger partial charge on any atom is 0.344 e. The highest BCUT2D eigenvalue weighted by Crippen LogP contribution is 2.35. The summed E-state index contributed by atoms with van der Waals surface area (Å²) in [4.78, 5) is 26.1. The summed E-state index contributed by atoms with van der Waals surface area (Å²) in [7, 11) is 0. The number of carbonyl (C=O) groups excluding carboxylic acids is 1. The maximum absolute atomic E-state index is 12.9. The highest BCUT2D eigenvalue weighted by atomic mass is 127. The molecule has 1 aliphatic heterocycles. The number of hydrogen-bond acceptors (Lipinski definition) is 3. The summed E-state index contributed by atoms with van der Waals surface area (Å²) in [5.41, 5.74) is 0.619. The summed E-state index contributed by atoms with van der Waals surface area (Å²) in [6.07, 6.45) is 2.68. The molecule has 0 radical (unpaired) electrons. The normalized spacial score (nSPS) is 15.9. The number of carbonyl (C=O) groups is 2. The molecule has 1 fully saturated rings. The van der Waals surface area contributed by atoms with Gasteiger partial charge in [-0.05, 0) is 99.5 Å². The lowest BCUT2D eigenvalue weighted by Gasteiger charge is -2.28. The molecule has 5 nitrogen and oxygen atoms in total. The number of nitrogens with zero attached hydrogens (tertiary/aromatic N) is 1. The van der Waals surface area contributed by atoms with Crippen molar-refractivity contribution in [2.75, 3.05) is 13.1 Å². The average molecular weight is 669 g/mol. The van der Waals surface area contributed by atoms with Gasteiger partial charge in [-0.25, -0.2) is 4.79 Å². The first-order valence-electron chi connectivity index (χ1n) is 7.73. The number of carboxylic acid groups (broad SMARTS) is 1. The minimum absolute atomic E-state index is 0.00752. The van der Waals surface area contributed by atoms with Crippen molar-refractivity contribution >= 4 is 79.6 Å². The van der Waals surface area contributed by atoms with Gasteiger partial charge in [0.05, 0.1) is 12.7 Å². The van der Waals surface area contributed by atoms with Gasteiger partial charge in [0.1, 0.15) is 5.75 Å². The fourth-order valence-electron chi connectivity index (χ4n) is 2.58. The van der Waals surface area contributed by atoms with Crippen LogP contribution in [0.5, 0.6) is 5.75 Å². The minimum atomic E-state index is -0.994. The highest BCUT2D eigenvalue weighted by Gasteiger charge is 2.28.